The number of hydrogen-bond acceptors (Lipinski definition) is 3. The van der Waals surface area contributed by atoms with Crippen LogP contribution >= 0.6 is 0 Å². The highest BCUT2D eigenvalue weighted by Crippen LogP contribution is 2.28. The lowest BCUT2D eigenvalue weighted by molar-refractivity contribution is 0.199. The van der Waals surface area contributed by atoms with E-state index in [0.717, 1.165) is 30.9 Å². The van der Waals surface area contributed by atoms with Crippen molar-refractivity contribution in [1.82, 2.24) is 5.32 Å². The highest BCUT2D eigenvalue weighted by Gasteiger charge is 2.22. The van der Waals surface area contributed by atoms with Crippen molar-refractivity contribution in [2.45, 2.75) is 19.9 Å². The van der Waals surface area contributed by atoms with E-state index in [1.54, 1.807) is 13.2 Å². The molecule has 1 aliphatic rings. The van der Waals surface area contributed by atoms with Crippen LogP contribution in [0.4, 0.5) is 10.1 Å². The summed E-state index contributed by atoms with van der Waals surface area (Å²) in [6.45, 7) is 6.22. The zero-order valence-electron chi connectivity index (χ0n) is 11.8. The minimum absolute atomic E-state index is 0.123. The summed E-state index contributed by atoms with van der Waals surface area (Å²) >= 11 is 0. The fraction of sp³-hybridized carbons (Fsp3) is 0.600. The van der Waals surface area contributed by atoms with Gasteiger partial charge in [-0.3, -0.25) is 0 Å². The molecule has 1 aromatic carbocycles. The molecular weight excluding hydrogens is 243 g/mol. The van der Waals surface area contributed by atoms with Crippen molar-refractivity contribution < 1.29 is 9.13 Å². The van der Waals surface area contributed by atoms with Crippen LogP contribution < -0.4 is 10.2 Å². The van der Waals surface area contributed by atoms with Crippen LogP contribution in [0, 0.1) is 11.7 Å². The van der Waals surface area contributed by atoms with Crippen molar-refractivity contribution in [3.05, 3.63) is 29.6 Å². The predicted octanol–water partition coefficient (Wildman–Crippen LogP) is 2.41. The number of ether oxygens (including phenoxy) is 1. The molecule has 0 radical (unpaired) electrons. The molecule has 1 unspecified atom stereocenters. The molecule has 3 nitrogen and oxygen atoms in total. The van der Waals surface area contributed by atoms with Crippen molar-refractivity contribution in [2.75, 3.05) is 38.3 Å². The summed E-state index contributed by atoms with van der Waals surface area (Å²) in [5.41, 5.74) is 1.81. The fourth-order valence-corrected chi connectivity index (χ4v) is 2.56. The molecule has 1 fully saturated rings. The molecule has 4 heteroatoms. The number of nitrogens with zero attached hydrogens (tertiary/aromatic N) is 1. The van der Waals surface area contributed by atoms with Gasteiger partial charge in [0.05, 0.1) is 6.61 Å². The second kappa shape index (κ2) is 6.87. The summed E-state index contributed by atoms with van der Waals surface area (Å²) in [6, 6.07) is 5.36. The molecule has 0 saturated carbocycles. The number of anilines is 1. The molecular formula is C15H23FN2O. The van der Waals surface area contributed by atoms with Crippen LogP contribution in [-0.4, -0.2) is 33.4 Å². The van der Waals surface area contributed by atoms with Crippen LogP contribution in [0.15, 0.2) is 18.2 Å². The van der Waals surface area contributed by atoms with Gasteiger partial charge in [0.15, 0.2) is 0 Å². The van der Waals surface area contributed by atoms with E-state index in [0.29, 0.717) is 19.1 Å². The Morgan fingerprint density at radius 1 is 1.47 bits per heavy atom. The van der Waals surface area contributed by atoms with Gasteiger partial charge in [-0.15, -0.1) is 0 Å². The number of rotatable bonds is 6. The van der Waals surface area contributed by atoms with Crippen LogP contribution in [0.2, 0.25) is 0 Å². The van der Waals surface area contributed by atoms with Gasteiger partial charge >= 0.3 is 0 Å². The Bertz CT molecular complexity index is 411. The second-order valence-corrected chi connectivity index (χ2v) is 5.25. The molecule has 1 saturated heterocycles. The van der Waals surface area contributed by atoms with Crippen molar-refractivity contribution in [2.24, 2.45) is 5.92 Å². The lowest BCUT2D eigenvalue weighted by Crippen LogP contribution is -2.24. The maximum absolute atomic E-state index is 14.0. The fourth-order valence-electron chi connectivity index (χ4n) is 2.56. The van der Waals surface area contributed by atoms with Crippen LogP contribution in [0.25, 0.3) is 0 Å². The first kappa shape index (κ1) is 14.3. The van der Waals surface area contributed by atoms with Crippen molar-refractivity contribution >= 4 is 5.69 Å². The zero-order chi connectivity index (χ0) is 13.7. The molecule has 2 rings (SSSR count). The van der Waals surface area contributed by atoms with E-state index >= 15 is 0 Å². The molecule has 1 N–H and O–H groups in total. The first-order chi connectivity index (χ1) is 9.22. The van der Waals surface area contributed by atoms with Crippen LogP contribution in [0.3, 0.4) is 0 Å². The lowest BCUT2D eigenvalue weighted by atomic mass is 10.1. The Morgan fingerprint density at radius 3 is 3.00 bits per heavy atom. The molecule has 0 bridgehead atoms. The maximum Gasteiger partial charge on any atom is 0.129 e. The van der Waals surface area contributed by atoms with E-state index in [2.05, 4.69) is 17.1 Å². The Balaban J connectivity index is 2.07. The molecule has 0 spiro atoms. The molecule has 1 aliphatic heterocycles. The topological polar surface area (TPSA) is 24.5 Å². The molecule has 0 amide bonds. The lowest BCUT2D eigenvalue weighted by Gasteiger charge is -2.22. The average Bonchev–Trinajstić information content (AvgIpc) is 2.82. The zero-order valence-corrected chi connectivity index (χ0v) is 11.8. The number of hydrogen-bond donors (Lipinski definition) is 1. The van der Waals surface area contributed by atoms with E-state index in [1.807, 2.05) is 6.07 Å². The van der Waals surface area contributed by atoms with Gasteiger partial charge in [0.25, 0.3) is 0 Å². The Kier molecular flexibility index (Phi) is 5.16. The largest absolute Gasteiger partial charge is 0.383 e. The van der Waals surface area contributed by atoms with Crippen molar-refractivity contribution in [3.8, 4) is 0 Å². The minimum atomic E-state index is -0.123. The van der Waals surface area contributed by atoms with E-state index in [1.165, 1.54) is 12.5 Å². The average molecular weight is 266 g/mol. The van der Waals surface area contributed by atoms with Gasteiger partial charge in [0, 0.05) is 44.5 Å². The van der Waals surface area contributed by atoms with Crippen molar-refractivity contribution in [3.63, 3.8) is 0 Å². The molecule has 0 aromatic heterocycles. The summed E-state index contributed by atoms with van der Waals surface area (Å²) in [6.07, 6.45) is 1.19. The smallest absolute Gasteiger partial charge is 0.129 e. The van der Waals surface area contributed by atoms with Crippen molar-refractivity contribution in [1.29, 1.82) is 0 Å². The number of nitrogens with one attached hydrogen (secondary N) is 1. The maximum atomic E-state index is 14.0. The quantitative estimate of drug-likeness (QED) is 0.800. The Morgan fingerprint density at radius 2 is 2.32 bits per heavy atom. The molecule has 1 atom stereocenters. The third-order valence-corrected chi connectivity index (χ3v) is 3.64. The number of benzene rings is 1. The molecule has 1 heterocycles. The van der Waals surface area contributed by atoms with Gasteiger partial charge in [0.1, 0.15) is 5.82 Å². The van der Waals surface area contributed by atoms with Crippen LogP contribution in [0.1, 0.15) is 18.9 Å². The first-order valence-electron chi connectivity index (χ1n) is 6.94. The Labute approximate surface area is 114 Å². The summed E-state index contributed by atoms with van der Waals surface area (Å²) in [7, 11) is 1.67. The minimum Gasteiger partial charge on any atom is -0.383 e. The predicted molar refractivity (Wildman–Crippen MR) is 76.0 cm³/mol. The van der Waals surface area contributed by atoms with Gasteiger partial charge in [-0.2, -0.15) is 0 Å². The number of methoxy groups -OCH3 is 1. The summed E-state index contributed by atoms with van der Waals surface area (Å²) in [4.78, 5) is 2.29. The second-order valence-electron chi connectivity index (χ2n) is 5.25. The van der Waals surface area contributed by atoms with Crippen LogP contribution in [0.5, 0.6) is 0 Å². The summed E-state index contributed by atoms with van der Waals surface area (Å²) < 4.78 is 19.0. The molecule has 106 valence electrons. The molecule has 19 heavy (non-hydrogen) atoms. The van der Waals surface area contributed by atoms with E-state index < -0.39 is 0 Å². The third kappa shape index (κ3) is 3.67. The highest BCUT2D eigenvalue weighted by atomic mass is 19.1. The highest BCUT2D eigenvalue weighted by molar-refractivity contribution is 5.55. The molecule has 0 aliphatic carbocycles. The summed E-state index contributed by atoms with van der Waals surface area (Å²) in [5.74, 6) is 0.569. The van der Waals surface area contributed by atoms with Crippen LogP contribution in [-0.2, 0) is 11.3 Å². The normalized spacial score (nSPS) is 19.1. The van der Waals surface area contributed by atoms with Gasteiger partial charge < -0.3 is 15.0 Å². The van der Waals surface area contributed by atoms with E-state index in [-0.39, 0.29) is 5.82 Å². The summed E-state index contributed by atoms with van der Waals surface area (Å²) in [5, 5.41) is 3.23. The van der Waals surface area contributed by atoms with Gasteiger partial charge in [-0.25, -0.2) is 4.39 Å². The monoisotopic (exact) mass is 266 g/mol. The molecule has 1 aromatic rings. The van der Waals surface area contributed by atoms with Gasteiger partial charge in [0.2, 0.25) is 0 Å². The van der Waals surface area contributed by atoms with Gasteiger partial charge in [-0.05, 0) is 24.5 Å². The first-order valence-corrected chi connectivity index (χ1v) is 6.94. The van der Waals surface area contributed by atoms with E-state index in [9.17, 15) is 4.39 Å². The Hall–Kier alpha value is -1.13. The number of halogens is 1. The standard InChI is InChI=1S/C15H23FN2O/c1-12-6-8-18(11-12)15-5-3-4-14(16)13(15)10-17-7-9-19-2/h3-5,12,17H,6-11H2,1-2H3. The SMILES string of the molecule is COCCNCc1c(F)cccc1N1CCC(C)C1. The van der Waals surface area contributed by atoms with Gasteiger partial charge in [-0.1, -0.05) is 13.0 Å². The van der Waals surface area contributed by atoms with E-state index in [4.69, 9.17) is 4.74 Å². The third-order valence-electron chi connectivity index (χ3n) is 3.64.